The third-order valence-electron chi connectivity index (χ3n) is 15.9. The first kappa shape index (κ1) is 40.9. The molecule has 2 aromatic heterocycles. The normalized spacial score (nSPS) is 18.7. The lowest BCUT2D eigenvalue weighted by atomic mass is 9.67. The Balaban J connectivity index is 0.905. The quantitative estimate of drug-likeness (QED) is 0.152. The Morgan fingerprint density at radius 1 is 0.571 bits per heavy atom. The predicted octanol–water partition coefficient (Wildman–Crippen LogP) is 16.8. The molecule has 2 atom stereocenters. The maximum absolute atomic E-state index is 7.18. The SMILES string of the molecule is C1=CCC(C2=CCC(N(C3=CC=C(c4cccc5c4oc4c5ccc5c4c4c(n5-c5ccccc5)CCC=C4)CC3)c3ccc4c(c3)C(c3ccccc3)(c3ccccc3)c3ccccc3-4)C=C2)C=C1. The maximum Gasteiger partial charge on any atom is 0.145 e. The number of hydrogen-bond acceptors (Lipinski definition) is 2. The first-order valence-electron chi connectivity index (χ1n) is 25.2. The summed E-state index contributed by atoms with van der Waals surface area (Å²) in [4.78, 5) is 2.66. The Morgan fingerprint density at radius 2 is 1.33 bits per heavy atom. The molecule has 0 saturated carbocycles. The predicted molar refractivity (Wildman–Crippen MR) is 291 cm³/mol. The van der Waals surface area contributed by atoms with Gasteiger partial charge in [0.2, 0.25) is 0 Å². The van der Waals surface area contributed by atoms with Crippen LogP contribution in [0.15, 0.2) is 240 Å². The summed E-state index contributed by atoms with van der Waals surface area (Å²) in [6, 6.07) is 61.0. The van der Waals surface area contributed by atoms with Gasteiger partial charge in [-0.15, -0.1) is 0 Å². The van der Waals surface area contributed by atoms with E-state index in [1.54, 1.807) is 0 Å². The van der Waals surface area contributed by atoms with Crippen LogP contribution in [0, 0.1) is 5.92 Å². The van der Waals surface area contributed by atoms with Gasteiger partial charge >= 0.3 is 0 Å². The van der Waals surface area contributed by atoms with Crippen molar-refractivity contribution < 1.29 is 4.42 Å². The average Bonchev–Trinajstić information content (AvgIpc) is 4.09. The van der Waals surface area contributed by atoms with Crippen LogP contribution in [0.25, 0.3) is 61.3 Å². The van der Waals surface area contributed by atoms with Crippen LogP contribution >= 0.6 is 0 Å². The van der Waals surface area contributed by atoms with Crippen molar-refractivity contribution in [1.82, 2.24) is 4.57 Å². The lowest BCUT2D eigenvalue weighted by Gasteiger charge is -2.38. The summed E-state index contributed by atoms with van der Waals surface area (Å²) in [5.41, 5.74) is 20.8. The van der Waals surface area contributed by atoms with Gasteiger partial charge in [0.1, 0.15) is 11.2 Å². The summed E-state index contributed by atoms with van der Waals surface area (Å²) in [5, 5.41) is 3.55. The molecule has 0 aliphatic heterocycles. The van der Waals surface area contributed by atoms with Crippen molar-refractivity contribution in [3.05, 3.63) is 275 Å². The van der Waals surface area contributed by atoms with Crippen LogP contribution in [-0.2, 0) is 11.8 Å². The first-order valence-corrected chi connectivity index (χ1v) is 25.2. The van der Waals surface area contributed by atoms with Crippen LogP contribution in [0.1, 0.15) is 71.2 Å². The van der Waals surface area contributed by atoms with Gasteiger partial charge in [0.15, 0.2) is 0 Å². The summed E-state index contributed by atoms with van der Waals surface area (Å²) in [6.07, 6.45) is 31.7. The van der Waals surface area contributed by atoms with Crippen LogP contribution in [-0.4, -0.2) is 10.6 Å². The number of fused-ring (bicyclic) bond motifs is 10. The summed E-state index contributed by atoms with van der Waals surface area (Å²) < 4.78 is 9.64. The second kappa shape index (κ2) is 16.5. The molecule has 7 aromatic carbocycles. The van der Waals surface area contributed by atoms with Crippen molar-refractivity contribution in [2.45, 2.75) is 50.0 Å². The molecule has 3 heteroatoms. The van der Waals surface area contributed by atoms with Crippen LogP contribution in [0.4, 0.5) is 5.69 Å². The van der Waals surface area contributed by atoms with E-state index in [-0.39, 0.29) is 6.04 Å². The highest BCUT2D eigenvalue weighted by atomic mass is 16.3. The number of anilines is 1. The Labute approximate surface area is 409 Å². The number of aromatic nitrogens is 1. The smallest absolute Gasteiger partial charge is 0.145 e. The van der Waals surface area contributed by atoms with E-state index >= 15 is 0 Å². The Morgan fingerprint density at radius 3 is 2.09 bits per heavy atom. The van der Waals surface area contributed by atoms with Crippen molar-refractivity contribution in [2.75, 3.05) is 4.90 Å². The van der Waals surface area contributed by atoms with Gasteiger partial charge in [-0.3, -0.25) is 0 Å². The second-order valence-electron chi connectivity index (χ2n) is 19.6. The minimum absolute atomic E-state index is 0.155. The van der Waals surface area contributed by atoms with Gasteiger partial charge in [0.25, 0.3) is 0 Å². The topological polar surface area (TPSA) is 21.3 Å². The van der Waals surface area contributed by atoms with Crippen molar-refractivity contribution in [3.8, 4) is 16.8 Å². The molecule has 0 N–H and O–H groups in total. The molecule has 0 spiro atoms. The van der Waals surface area contributed by atoms with Gasteiger partial charge in [0.05, 0.1) is 22.4 Å². The summed E-state index contributed by atoms with van der Waals surface area (Å²) >= 11 is 0. The second-order valence-corrected chi connectivity index (χ2v) is 19.6. The van der Waals surface area contributed by atoms with Crippen LogP contribution in [0.3, 0.4) is 0 Å². The molecule has 14 rings (SSSR count). The van der Waals surface area contributed by atoms with Crippen LogP contribution in [0.5, 0.6) is 0 Å². The molecule has 70 heavy (non-hydrogen) atoms. The molecule has 0 saturated heterocycles. The zero-order chi connectivity index (χ0) is 46.2. The van der Waals surface area contributed by atoms with E-state index in [2.05, 4.69) is 240 Å². The van der Waals surface area contributed by atoms with Crippen LogP contribution < -0.4 is 4.90 Å². The minimum Gasteiger partial charge on any atom is -0.455 e. The molecule has 0 bridgehead atoms. The number of allylic oxidation sites excluding steroid dienone is 11. The number of rotatable bonds is 8. The number of furan rings is 1. The standard InChI is InChI=1S/C67H52N2O/c1-5-18-45(19-6-1)46-32-36-51(37-33-46)68(53-40-41-56-55-26-13-15-30-60(55)67(61(56)44-53,48-20-7-2-8-21-48)49-22-9-3-10-23-49)52-38-34-47(35-39-52)54-28-17-29-57-58-42-43-63-64(66(58)70-65(54)57)59-27-14-16-31-62(59)69(63)50-24-11-4-12-25-50/h1-15,17-18,20-30,32-34,36,38,40-45,51H,16,19,31,35,37,39H2. The molecular weight excluding hydrogens is 849 g/mol. The summed E-state index contributed by atoms with van der Waals surface area (Å²) in [7, 11) is 0. The molecule has 2 heterocycles. The van der Waals surface area contributed by atoms with Gasteiger partial charge in [-0.25, -0.2) is 0 Å². The molecule has 0 amide bonds. The van der Waals surface area contributed by atoms with Gasteiger partial charge in [-0.2, -0.15) is 0 Å². The Kier molecular flexibility index (Phi) is 9.65. The van der Waals surface area contributed by atoms with Gasteiger partial charge in [-0.1, -0.05) is 188 Å². The van der Waals surface area contributed by atoms with E-state index in [1.807, 2.05) is 0 Å². The highest BCUT2D eigenvalue weighted by molar-refractivity contribution is 6.18. The highest BCUT2D eigenvalue weighted by Gasteiger charge is 2.46. The zero-order valence-corrected chi connectivity index (χ0v) is 39.1. The van der Waals surface area contributed by atoms with Gasteiger partial charge in [-0.05, 0) is 126 Å². The number of para-hydroxylation sites is 2. The molecule has 2 unspecified atom stereocenters. The van der Waals surface area contributed by atoms with Gasteiger partial charge < -0.3 is 13.9 Å². The van der Waals surface area contributed by atoms with E-state index in [9.17, 15) is 0 Å². The molecule has 3 nitrogen and oxygen atoms in total. The third-order valence-corrected chi connectivity index (χ3v) is 15.9. The zero-order valence-electron chi connectivity index (χ0n) is 39.1. The van der Waals surface area contributed by atoms with Crippen LogP contribution in [0.2, 0.25) is 0 Å². The lowest BCUT2D eigenvalue weighted by Crippen LogP contribution is -2.35. The minimum atomic E-state index is -0.475. The fourth-order valence-electron chi connectivity index (χ4n) is 12.8. The van der Waals surface area contributed by atoms with E-state index in [1.165, 1.54) is 100 Å². The molecular formula is C67H52N2O. The summed E-state index contributed by atoms with van der Waals surface area (Å²) in [5.74, 6) is 0.425. The fourth-order valence-corrected chi connectivity index (χ4v) is 12.8. The molecule has 336 valence electrons. The van der Waals surface area contributed by atoms with E-state index in [4.69, 9.17) is 4.42 Å². The lowest BCUT2D eigenvalue weighted by molar-refractivity contribution is 0.670. The van der Waals surface area contributed by atoms with E-state index in [0.717, 1.165) is 49.7 Å². The maximum atomic E-state index is 7.18. The number of nitrogens with zero attached hydrogens (tertiary/aromatic N) is 2. The Bertz CT molecular complexity index is 3740. The molecule has 5 aliphatic rings. The third kappa shape index (κ3) is 6.27. The average molecular weight is 901 g/mol. The molecule has 9 aromatic rings. The molecule has 0 fully saturated rings. The van der Waals surface area contributed by atoms with E-state index in [0.29, 0.717) is 5.92 Å². The monoisotopic (exact) mass is 900 g/mol. The van der Waals surface area contributed by atoms with Crippen molar-refractivity contribution in [2.24, 2.45) is 5.92 Å². The number of benzene rings is 7. The summed E-state index contributed by atoms with van der Waals surface area (Å²) in [6.45, 7) is 0. The molecule has 0 radical (unpaired) electrons. The highest BCUT2D eigenvalue weighted by Crippen LogP contribution is 2.57. The van der Waals surface area contributed by atoms with Gasteiger partial charge in [0, 0.05) is 50.6 Å². The fraction of sp³-hybridized carbons (Fsp3) is 0.134. The largest absolute Gasteiger partial charge is 0.455 e. The van der Waals surface area contributed by atoms with Crippen molar-refractivity contribution in [3.63, 3.8) is 0 Å². The molecule has 5 aliphatic carbocycles. The van der Waals surface area contributed by atoms with Crippen molar-refractivity contribution >= 4 is 50.2 Å². The first-order chi connectivity index (χ1) is 34.7. The Hall–Kier alpha value is -8.14. The van der Waals surface area contributed by atoms with Crippen molar-refractivity contribution in [1.29, 1.82) is 0 Å². The van der Waals surface area contributed by atoms with E-state index < -0.39 is 5.41 Å². The number of hydrogen-bond donors (Lipinski definition) is 0.